The molecule has 0 aliphatic carbocycles. The number of esters is 1. The van der Waals surface area contributed by atoms with E-state index in [1.807, 2.05) is 0 Å². The standard InChI is InChI=1S/C14H18N2O6/c1-22-14(21)10-4-2-3-5-11(10)15-12(19)13(20)16(6-8-17)7-9-18/h2-5,17-18H,6-9H2,1H3,(H,15,19). The summed E-state index contributed by atoms with van der Waals surface area (Å²) in [5.41, 5.74) is 0.252. The van der Waals surface area contributed by atoms with Crippen molar-refractivity contribution in [1.29, 1.82) is 0 Å². The third kappa shape index (κ3) is 4.54. The van der Waals surface area contributed by atoms with Gasteiger partial charge in [0.05, 0.1) is 31.6 Å². The normalized spacial score (nSPS) is 9.95. The van der Waals surface area contributed by atoms with Gasteiger partial charge in [-0.05, 0) is 12.1 Å². The summed E-state index contributed by atoms with van der Waals surface area (Å²) in [6, 6.07) is 6.09. The fourth-order valence-electron chi connectivity index (χ4n) is 1.76. The largest absolute Gasteiger partial charge is 0.465 e. The van der Waals surface area contributed by atoms with Gasteiger partial charge in [-0.3, -0.25) is 9.59 Å². The van der Waals surface area contributed by atoms with Crippen molar-refractivity contribution in [3.63, 3.8) is 0 Å². The zero-order chi connectivity index (χ0) is 16.5. The molecule has 120 valence electrons. The number of aliphatic hydroxyl groups is 2. The quantitative estimate of drug-likeness (QED) is 0.469. The zero-order valence-corrected chi connectivity index (χ0v) is 12.1. The molecule has 2 amide bonds. The Morgan fingerprint density at radius 3 is 2.27 bits per heavy atom. The number of amides is 2. The van der Waals surface area contributed by atoms with E-state index in [-0.39, 0.29) is 37.6 Å². The van der Waals surface area contributed by atoms with Gasteiger partial charge in [-0.2, -0.15) is 0 Å². The van der Waals surface area contributed by atoms with Crippen LogP contribution in [0.2, 0.25) is 0 Å². The number of hydrogen-bond acceptors (Lipinski definition) is 6. The van der Waals surface area contributed by atoms with Gasteiger partial charge in [-0.15, -0.1) is 0 Å². The van der Waals surface area contributed by atoms with Crippen molar-refractivity contribution in [2.24, 2.45) is 0 Å². The van der Waals surface area contributed by atoms with Crippen molar-refractivity contribution in [1.82, 2.24) is 4.90 Å². The number of rotatable bonds is 6. The van der Waals surface area contributed by atoms with Crippen molar-refractivity contribution in [3.8, 4) is 0 Å². The van der Waals surface area contributed by atoms with Crippen LogP contribution in [0.5, 0.6) is 0 Å². The third-order valence-electron chi connectivity index (χ3n) is 2.80. The molecular formula is C14H18N2O6. The van der Waals surface area contributed by atoms with Gasteiger partial charge in [0.15, 0.2) is 0 Å². The molecule has 8 heteroatoms. The smallest absolute Gasteiger partial charge is 0.339 e. The van der Waals surface area contributed by atoms with Crippen LogP contribution in [0.3, 0.4) is 0 Å². The first-order chi connectivity index (χ1) is 10.5. The molecule has 1 aromatic rings. The highest BCUT2D eigenvalue weighted by Gasteiger charge is 2.23. The second-order valence-corrected chi connectivity index (χ2v) is 4.23. The summed E-state index contributed by atoms with van der Waals surface area (Å²) in [4.78, 5) is 36.5. The van der Waals surface area contributed by atoms with Crippen LogP contribution in [0.25, 0.3) is 0 Å². The summed E-state index contributed by atoms with van der Waals surface area (Å²) in [5.74, 6) is -2.54. The lowest BCUT2D eigenvalue weighted by Gasteiger charge is -2.20. The second kappa shape index (κ2) is 8.75. The van der Waals surface area contributed by atoms with E-state index in [1.165, 1.54) is 19.2 Å². The van der Waals surface area contributed by atoms with E-state index < -0.39 is 17.8 Å². The molecule has 0 unspecified atom stereocenters. The minimum atomic E-state index is -0.974. The number of anilines is 1. The summed E-state index contributed by atoms with van der Waals surface area (Å²) in [5, 5.41) is 20.1. The van der Waals surface area contributed by atoms with E-state index in [9.17, 15) is 14.4 Å². The van der Waals surface area contributed by atoms with Crippen molar-refractivity contribution < 1.29 is 29.3 Å². The molecule has 0 saturated carbocycles. The first-order valence-electron chi connectivity index (χ1n) is 6.54. The fourth-order valence-corrected chi connectivity index (χ4v) is 1.76. The van der Waals surface area contributed by atoms with Crippen molar-refractivity contribution in [2.75, 3.05) is 38.7 Å². The highest BCUT2D eigenvalue weighted by atomic mass is 16.5. The van der Waals surface area contributed by atoms with E-state index in [4.69, 9.17) is 10.2 Å². The van der Waals surface area contributed by atoms with E-state index in [2.05, 4.69) is 10.1 Å². The molecule has 0 radical (unpaired) electrons. The number of hydrogen-bond donors (Lipinski definition) is 3. The monoisotopic (exact) mass is 310 g/mol. The summed E-state index contributed by atoms with van der Waals surface area (Å²) in [6.45, 7) is -0.827. The number of nitrogens with one attached hydrogen (secondary N) is 1. The predicted octanol–water partition coefficient (Wildman–Crippen LogP) is -0.775. The lowest BCUT2D eigenvalue weighted by atomic mass is 10.2. The average Bonchev–Trinajstić information content (AvgIpc) is 2.53. The van der Waals surface area contributed by atoms with E-state index in [0.29, 0.717) is 0 Å². The lowest BCUT2D eigenvalue weighted by Crippen LogP contribution is -2.42. The van der Waals surface area contributed by atoms with Crippen LogP contribution >= 0.6 is 0 Å². The molecule has 22 heavy (non-hydrogen) atoms. The molecule has 0 aliphatic rings. The molecule has 8 nitrogen and oxygen atoms in total. The van der Waals surface area contributed by atoms with Crippen LogP contribution in [0.15, 0.2) is 24.3 Å². The minimum Gasteiger partial charge on any atom is -0.465 e. The average molecular weight is 310 g/mol. The number of ether oxygens (including phenoxy) is 1. The van der Waals surface area contributed by atoms with Gasteiger partial charge in [0.25, 0.3) is 0 Å². The molecule has 1 aromatic carbocycles. The Morgan fingerprint density at radius 1 is 1.14 bits per heavy atom. The van der Waals surface area contributed by atoms with Crippen LogP contribution in [0.1, 0.15) is 10.4 Å². The van der Waals surface area contributed by atoms with E-state index >= 15 is 0 Å². The van der Waals surface area contributed by atoms with Gasteiger partial charge in [-0.1, -0.05) is 12.1 Å². The number of carbonyl (C=O) groups is 3. The number of methoxy groups -OCH3 is 1. The molecule has 3 N–H and O–H groups in total. The zero-order valence-electron chi connectivity index (χ0n) is 12.1. The van der Waals surface area contributed by atoms with Gasteiger partial charge in [0.2, 0.25) is 0 Å². The summed E-state index contributed by atoms with van der Waals surface area (Å²) in [7, 11) is 1.20. The minimum absolute atomic E-state index is 0.0779. The number of aliphatic hydroxyl groups excluding tert-OH is 2. The Morgan fingerprint density at radius 2 is 1.73 bits per heavy atom. The van der Waals surface area contributed by atoms with Crippen LogP contribution in [-0.4, -0.2) is 66.3 Å². The molecular weight excluding hydrogens is 292 g/mol. The number of benzene rings is 1. The highest BCUT2D eigenvalue weighted by Crippen LogP contribution is 2.16. The summed E-state index contributed by atoms with van der Waals surface area (Å²) >= 11 is 0. The SMILES string of the molecule is COC(=O)c1ccccc1NC(=O)C(=O)N(CCO)CCO. The van der Waals surface area contributed by atoms with E-state index in [1.54, 1.807) is 12.1 Å². The Bertz CT molecular complexity index is 540. The lowest BCUT2D eigenvalue weighted by molar-refractivity contribution is -0.143. The maximum Gasteiger partial charge on any atom is 0.339 e. The molecule has 0 saturated heterocycles. The van der Waals surface area contributed by atoms with Crippen molar-refractivity contribution in [3.05, 3.63) is 29.8 Å². The number of nitrogens with zero attached hydrogens (tertiary/aromatic N) is 1. The van der Waals surface area contributed by atoms with Gasteiger partial charge in [0.1, 0.15) is 0 Å². The predicted molar refractivity (Wildman–Crippen MR) is 77.2 cm³/mol. The molecule has 0 fully saturated rings. The Balaban J connectivity index is 2.88. The fraction of sp³-hybridized carbons (Fsp3) is 0.357. The molecule has 0 atom stereocenters. The second-order valence-electron chi connectivity index (χ2n) is 4.23. The molecule has 0 bridgehead atoms. The number of carbonyl (C=O) groups excluding carboxylic acids is 3. The van der Waals surface area contributed by atoms with Gasteiger partial charge in [-0.25, -0.2) is 4.79 Å². The molecule has 0 aliphatic heterocycles. The summed E-state index contributed by atoms with van der Waals surface area (Å²) in [6.07, 6.45) is 0. The van der Waals surface area contributed by atoms with E-state index in [0.717, 1.165) is 4.90 Å². The van der Waals surface area contributed by atoms with Crippen LogP contribution in [0.4, 0.5) is 5.69 Å². The number of para-hydroxylation sites is 1. The first kappa shape index (κ1) is 17.6. The first-order valence-corrected chi connectivity index (χ1v) is 6.54. The Labute approximate surface area is 127 Å². The molecule has 0 spiro atoms. The molecule has 0 heterocycles. The highest BCUT2D eigenvalue weighted by molar-refractivity contribution is 6.39. The maximum atomic E-state index is 12.0. The third-order valence-corrected chi connectivity index (χ3v) is 2.80. The van der Waals surface area contributed by atoms with Gasteiger partial charge >= 0.3 is 17.8 Å². The van der Waals surface area contributed by atoms with Gasteiger partial charge < -0.3 is 25.2 Å². The topological polar surface area (TPSA) is 116 Å². The molecule has 1 rings (SSSR count). The maximum absolute atomic E-state index is 12.0. The van der Waals surface area contributed by atoms with Crippen LogP contribution in [-0.2, 0) is 14.3 Å². The Kier molecular flexibility index (Phi) is 7.00. The summed E-state index contributed by atoms with van der Waals surface area (Å²) < 4.78 is 4.59. The van der Waals surface area contributed by atoms with Crippen LogP contribution < -0.4 is 5.32 Å². The molecule has 0 aromatic heterocycles. The van der Waals surface area contributed by atoms with Crippen LogP contribution in [0, 0.1) is 0 Å². The Hall–Kier alpha value is -2.45. The van der Waals surface area contributed by atoms with Crippen molar-refractivity contribution >= 4 is 23.5 Å². The van der Waals surface area contributed by atoms with Gasteiger partial charge in [0, 0.05) is 13.1 Å². The van der Waals surface area contributed by atoms with Crippen molar-refractivity contribution in [2.45, 2.75) is 0 Å².